The molecule has 0 aliphatic heterocycles. The Bertz CT molecular complexity index is 547. The highest BCUT2D eigenvalue weighted by molar-refractivity contribution is 5.15. The molecule has 1 fully saturated rings. The van der Waals surface area contributed by atoms with Crippen molar-refractivity contribution in [1.82, 2.24) is 15.0 Å². The Morgan fingerprint density at radius 2 is 1.84 bits per heavy atom. The third-order valence-electron chi connectivity index (χ3n) is 4.45. The minimum absolute atomic E-state index is 0.111. The van der Waals surface area contributed by atoms with Crippen molar-refractivity contribution in [1.29, 1.82) is 10.5 Å². The molecule has 3 rings (SSSR count). The molecule has 98 valence electrons. The fourth-order valence-electron chi connectivity index (χ4n) is 3.35. The second kappa shape index (κ2) is 5.01. The molecule has 0 saturated heterocycles. The largest absolute Gasteiger partial charge is 0.246 e. The number of aryl methyl sites for hydroxylation is 1. The third-order valence-corrected chi connectivity index (χ3v) is 4.45. The van der Waals surface area contributed by atoms with Crippen LogP contribution in [-0.2, 0) is 12.8 Å². The lowest BCUT2D eigenvalue weighted by atomic mass is 9.78. The molecule has 0 amide bonds. The van der Waals surface area contributed by atoms with Crippen LogP contribution < -0.4 is 0 Å². The molecule has 2 aliphatic carbocycles. The molecule has 1 aromatic rings. The topological polar surface area (TPSA) is 78.3 Å². The van der Waals surface area contributed by atoms with Gasteiger partial charge in [0.25, 0.3) is 0 Å². The highest BCUT2D eigenvalue weighted by Crippen LogP contribution is 2.37. The number of nitriles is 2. The number of hydrogen-bond acceptors (Lipinski definition) is 4. The van der Waals surface area contributed by atoms with Gasteiger partial charge in [0.15, 0.2) is 0 Å². The van der Waals surface area contributed by atoms with E-state index in [1.54, 1.807) is 0 Å². The fourth-order valence-corrected chi connectivity index (χ4v) is 3.35. The first-order valence-electron chi connectivity index (χ1n) is 7.05. The van der Waals surface area contributed by atoms with Gasteiger partial charge >= 0.3 is 0 Å². The smallest absolute Gasteiger partial charge is 0.0859 e. The number of hydrogen-bond donors (Lipinski definition) is 0. The van der Waals surface area contributed by atoms with Gasteiger partial charge in [-0.25, -0.2) is 4.68 Å². The summed E-state index contributed by atoms with van der Waals surface area (Å²) in [6, 6.07) is 4.81. The number of fused-ring (bicyclic) bond motifs is 1. The molecule has 0 N–H and O–H groups in total. The molecule has 1 heterocycles. The van der Waals surface area contributed by atoms with Crippen LogP contribution in [0.2, 0.25) is 0 Å². The zero-order valence-electron chi connectivity index (χ0n) is 10.9. The van der Waals surface area contributed by atoms with Crippen molar-refractivity contribution < 1.29 is 0 Å². The van der Waals surface area contributed by atoms with Crippen LogP contribution in [0.15, 0.2) is 0 Å². The predicted molar refractivity (Wildman–Crippen MR) is 67.8 cm³/mol. The van der Waals surface area contributed by atoms with E-state index in [9.17, 15) is 5.26 Å². The van der Waals surface area contributed by atoms with Gasteiger partial charge in [-0.1, -0.05) is 5.21 Å². The molecule has 3 atom stereocenters. The molecule has 5 heteroatoms. The molecule has 2 aliphatic rings. The van der Waals surface area contributed by atoms with Gasteiger partial charge in [0.2, 0.25) is 0 Å². The van der Waals surface area contributed by atoms with E-state index in [0.29, 0.717) is 0 Å². The van der Waals surface area contributed by atoms with E-state index in [2.05, 4.69) is 22.5 Å². The average molecular weight is 255 g/mol. The first-order valence-corrected chi connectivity index (χ1v) is 7.05. The fraction of sp³-hybridized carbons (Fsp3) is 0.714. The molecule has 19 heavy (non-hydrogen) atoms. The molecule has 3 unspecified atom stereocenters. The van der Waals surface area contributed by atoms with Crippen molar-refractivity contribution in [2.24, 2.45) is 11.8 Å². The zero-order chi connectivity index (χ0) is 13.2. The van der Waals surface area contributed by atoms with Gasteiger partial charge in [-0.05, 0) is 44.9 Å². The highest BCUT2D eigenvalue weighted by atomic mass is 15.4. The van der Waals surface area contributed by atoms with Gasteiger partial charge in [-0.3, -0.25) is 0 Å². The molecular formula is C14H17N5. The number of rotatable bonds is 1. The Kier molecular flexibility index (Phi) is 3.21. The molecule has 0 radical (unpaired) electrons. The summed E-state index contributed by atoms with van der Waals surface area (Å²) in [5, 5.41) is 26.9. The lowest BCUT2D eigenvalue weighted by Gasteiger charge is -2.30. The normalized spacial score (nSPS) is 30.1. The second-order valence-corrected chi connectivity index (χ2v) is 5.57. The van der Waals surface area contributed by atoms with E-state index in [1.807, 2.05) is 4.68 Å². The molecule has 1 saturated carbocycles. The van der Waals surface area contributed by atoms with Gasteiger partial charge < -0.3 is 0 Å². The third kappa shape index (κ3) is 2.10. The van der Waals surface area contributed by atoms with Crippen LogP contribution in [0.1, 0.15) is 49.5 Å². The summed E-state index contributed by atoms with van der Waals surface area (Å²) in [7, 11) is 0. The Morgan fingerprint density at radius 3 is 2.63 bits per heavy atom. The first kappa shape index (κ1) is 12.2. The predicted octanol–water partition coefficient (Wildman–Crippen LogP) is 2.16. The van der Waals surface area contributed by atoms with E-state index in [0.717, 1.165) is 37.8 Å². The standard InChI is InChI=1S/C14H17N5/c15-8-10-5-6-12(7-11(10)9-16)19-14-4-2-1-3-13(14)17-18-19/h10-12H,1-7H2. The summed E-state index contributed by atoms with van der Waals surface area (Å²) in [4.78, 5) is 0. The maximum absolute atomic E-state index is 9.20. The summed E-state index contributed by atoms with van der Waals surface area (Å²) >= 11 is 0. The summed E-state index contributed by atoms with van der Waals surface area (Å²) < 4.78 is 2.05. The lowest BCUT2D eigenvalue weighted by Crippen LogP contribution is -2.27. The van der Waals surface area contributed by atoms with Crippen LogP contribution in [0, 0.1) is 34.5 Å². The lowest BCUT2D eigenvalue weighted by molar-refractivity contribution is 0.241. The van der Waals surface area contributed by atoms with Gasteiger partial charge in [0, 0.05) is 0 Å². The molecule has 5 nitrogen and oxygen atoms in total. The van der Waals surface area contributed by atoms with Crippen LogP contribution in [0.3, 0.4) is 0 Å². The van der Waals surface area contributed by atoms with Crippen LogP contribution >= 0.6 is 0 Å². The summed E-state index contributed by atoms with van der Waals surface area (Å²) in [6.45, 7) is 0. The van der Waals surface area contributed by atoms with Gasteiger partial charge in [0.1, 0.15) is 0 Å². The van der Waals surface area contributed by atoms with Crippen molar-refractivity contribution in [3.05, 3.63) is 11.4 Å². The number of aromatic nitrogens is 3. The summed E-state index contributed by atoms with van der Waals surface area (Å²) in [5.41, 5.74) is 2.41. The van der Waals surface area contributed by atoms with Crippen molar-refractivity contribution >= 4 is 0 Å². The maximum Gasteiger partial charge on any atom is 0.0859 e. The van der Waals surface area contributed by atoms with E-state index in [-0.39, 0.29) is 17.9 Å². The van der Waals surface area contributed by atoms with Gasteiger partial charge in [-0.2, -0.15) is 10.5 Å². The number of nitrogens with zero attached hydrogens (tertiary/aromatic N) is 5. The Balaban J connectivity index is 1.82. The highest BCUT2D eigenvalue weighted by Gasteiger charge is 2.33. The first-order chi connectivity index (χ1) is 9.33. The summed E-state index contributed by atoms with van der Waals surface area (Å²) in [6.07, 6.45) is 6.97. The molecule has 0 bridgehead atoms. The summed E-state index contributed by atoms with van der Waals surface area (Å²) in [5.74, 6) is -0.271. The van der Waals surface area contributed by atoms with E-state index in [4.69, 9.17) is 5.26 Å². The second-order valence-electron chi connectivity index (χ2n) is 5.57. The Hall–Kier alpha value is -1.88. The minimum atomic E-state index is -0.160. The molecule has 0 spiro atoms. The van der Waals surface area contributed by atoms with E-state index in [1.165, 1.54) is 18.5 Å². The molecule has 0 aromatic carbocycles. The molecular weight excluding hydrogens is 238 g/mol. The van der Waals surface area contributed by atoms with Gasteiger partial charge in [0.05, 0.1) is 41.4 Å². The minimum Gasteiger partial charge on any atom is -0.246 e. The van der Waals surface area contributed by atoms with Gasteiger partial charge in [-0.15, -0.1) is 5.10 Å². The SMILES string of the molecule is N#CC1CCC(n2nnc3c2CCCC3)CC1C#N. The van der Waals surface area contributed by atoms with E-state index >= 15 is 0 Å². The van der Waals surface area contributed by atoms with Crippen LogP contribution in [0.5, 0.6) is 0 Å². The van der Waals surface area contributed by atoms with Crippen LogP contribution in [-0.4, -0.2) is 15.0 Å². The monoisotopic (exact) mass is 255 g/mol. The quantitative estimate of drug-likeness (QED) is 0.770. The van der Waals surface area contributed by atoms with Crippen molar-refractivity contribution in [2.75, 3.05) is 0 Å². The van der Waals surface area contributed by atoms with E-state index < -0.39 is 0 Å². The maximum atomic E-state index is 9.20. The molecule has 1 aromatic heterocycles. The van der Waals surface area contributed by atoms with Crippen LogP contribution in [0.4, 0.5) is 0 Å². The van der Waals surface area contributed by atoms with Crippen molar-refractivity contribution in [3.63, 3.8) is 0 Å². The Labute approximate surface area is 112 Å². The zero-order valence-corrected chi connectivity index (χ0v) is 10.9. The van der Waals surface area contributed by atoms with Crippen molar-refractivity contribution in [2.45, 2.75) is 51.0 Å². The average Bonchev–Trinajstić information content (AvgIpc) is 2.90. The van der Waals surface area contributed by atoms with Crippen LogP contribution in [0.25, 0.3) is 0 Å². The Morgan fingerprint density at radius 1 is 1.05 bits per heavy atom. The van der Waals surface area contributed by atoms with Crippen molar-refractivity contribution in [3.8, 4) is 12.1 Å².